The van der Waals surface area contributed by atoms with Gasteiger partial charge in [0.1, 0.15) is 0 Å². The van der Waals surface area contributed by atoms with Gasteiger partial charge in [-0.3, -0.25) is 4.79 Å². The fourth-order valence-corrected chi connectivity index (χ4v) is 3.16. The lowest BCUT2D eigenvalue weighted by molar-refractivity contribution is -0.137. The van der Waals surface area contributed by atoms with E-state index in [9.17, 15) is 13.2 Å². The summed E-state index contributed by atoms with van der Waals surface area (Å²) in [5.74, 6) is -1.08. The minimum Gasteiger partial charge on any atom is -0.481 e. The Labute approximate surface area is 118 Å². The first-order chi connectivity index (χ1) is 9.41. The number of carboxylic acid groups (broad SMARTS) is 1. The Morgan fingerprint density at radius 1 is 1.20 bits per heavy atom. The molecule has 0 bridgehead atoms. The fraction of sp³-hybridized carbons (Fsp3) is 0.462. The number of carboxylic acids is 1. The van der Waals surface area contributed by atoms with Gasteiger partial charge in [0, 0.05) is 13.1 Å². The van der Waals surface area contributed by atoms with Crippen molar-refractivity contribution in [1.29, 1.82) is 0 Å². The van der Waals surface area contributed by atoms with Crippen LogP contribution in [-0.4, -0.2) is 48.6 Å². The average molecular weight is 301 g/mol. The number of carbonyl (C=O) groups is 1. The summed E-state index contributed by atoms with van der Waals surface area (Å²) in [6.07, 6.45) is 0.506. The summed E-state index contributed by atoms with van der Waals surface area (Å²) in [6, 6.07) is 6.45. The van der Waals surface area contributed by atoms with Gasteiger partial charge in [-0.05, 0) is 24.1 Å². The highest BCUT2D eigenvalue weighted by Gasteiger charge is 2.24. The fourth-order valence-electron chi connectivity index (χ4n) is 1.73. The van der Waals surface area contributed by atoms with E-state index in [0.717, 1.165) is 16.3 Å². The lowest BCUT2D eigenvalue weighted by Crippen LogP contribution is -2.35. The number of nitrogens with zero attached hydrogens (tertiary/aromatic N) is 1. The number of hydrogen-bond donors (Lipinski definition) is 2. The third-order valence-electron chi connectivity index (χ3n) is 2.89. The van der Waals surface area contributed by atoms with E-state index in [1.54, 1.807) is 12.1 Å². The zero-order valence-corrected chi connectivity index (χ0v) is 12.1. The molecule has 0 amide bonds. The second-order valence-electron chi connectivity index (χ2n) is 4.27. The van der Waals surface area contributed by atoms with Crippen LogP contribution >= 0.6 is 0 Å². The van der Waals surface area contributed by atoms with E-state index in [1.807, 2.05) is 6.92 Å². The van der Waals surface area contributed by atoms with Crippen molar-refractivity contribution in [3.8, 4) is 0 Å². The largest absolute Gasteiger partial charge is 0.481 e. The molecule has 112 valence electrons. The molecule has 6 nitrogen and oxygen atoms in total. The predicted octanol–water partition coefficient (Wildman–Crippen LogP) is 0.707. The first kappa shape index (κ1) is 16.6. The Balaban J connectivity index is 2.98. The zero-order chi connectivity index (χ0) is 15.2. The van der Waals surface area contributed by atoms with Gasteiger partial charge in [-0.1, -0.05) is 19.1 Å². The van der Waals surface area contributed by atoms with E-state index < -0.39 is 16.0 Å². The topological polar surface area (TPSA) is 94.9 Å². The minimum absolute atomic E-state index is 0.105. The van der Waals surface area contributed by atoms with Crippen molar-refractivity contribution in [2.24, 2.45) is 0 Å². The lowest BCUT2D eigenvalue weighted by Gasteiger charge is -2.20. The van der Waals surface area contributed by atoms with Crippen LogP contribution in [0.4, 0.5) is 0 Å². The molecule has 0 heterocycles. The maximum absolute atomic E-state index is 12.4. The first-order valence-electron chi connectivity index (χ1n) is 6.33. The van der Waals surface area contributed by atoms with E-state index in [-0.39, 0.29) is 31.0 Å². The van der Waals surface area contributed by atoms with Crippen LogP contribution in [0.15, 0.2) is 29.2 Å². The van der Waals surface area contributed by atoms with Gasteiger partial charge in [0.15, 0.2) is 0 Å². The average Bonchev–Trinajstić information content (AvgIpc) is 2.43. The second kappa shape index (κ2) is 7.37. The molecule has 1 rings (SSSR count). The highest BCUT2D eigenvalue weighted by molar-refractivity contribution is 7.89. The number of aliphatic hydroxyl groups is 1. The third kappa shape index (κ3) is 4.29. The Kier molecular flexibility index (Phi) is 6.12. The normalized spacial score (nSPS) is 11.8. The summed E-state index contributed by atoms with van der Waals surface area (Å²) in [7, 11) is -3.77. The number of hydrogen-bond acceptors (Lipinski definition) is 4. The molecule has 0 saturated carbocycles. The highest BCUT2D eigenvalue weighted by atomic mass is 32.2. The molecule has 0 spiro atoms. The van der Waals surface area contributed by atoms with E-state index in [1.165, 1.54) is 12.1 Å². The summed E-state index contributed by atoms with van der Waals surface area (Å²) in [4.78, 5) is 10.7. The Hall–Kier alpha value is -1.44. The second-order valence-corrected chi connectivity index (χ2v) is 6.21. The van der Waals surface area contributed by atoms with Crippen LogP contribution in [0.25, 0.3) is 0 Å². The molecule has 0 radical (unpaired) electrons. The lowest BCUT2D eigenvalue weighted by atomic mass is 10.2. The summed E-state index contributed by atoms with van der Waals surface area (Å²) < 4.78 is 25.7. The molecule has 2 N–H and O–H groups in total. The van der Waals surface area contributed by atoms with E-state index in [0.29, 0.717) is 0 Å². The van der Waals surface area contributed by atoms with Crippen LogP contribution < -0.4 is 0 Å². The van der Waals surface area contributed by atoms with Crippen LogP contribution in [0.3, 0.4) is 0 Å². The van der Waals surface area contributed by atoms with Crippen molar-refractivity contribution in [1.82, 2.24) is 4.31 Å². The van der Waals surface area contributed by atoms with E-state index >= 15 is 0 Å². The predicted molar refractivity (Wildman–Crippen MR) is 73.9 cm³/mol. The molecular formula is C13H19NO5S. The van der Waals surface area contributed by atoms with Crippen molar-refractivity contribution in [2.45, 2.75) is 24.7 Å². The monoisotopic (exact) mass is 301 g/mol. The number of sulfonamides is 1. The van der Waals surface area contributed by atoms with Gasteiger partial charge in [0.05, 0.1) is 17.9 Å². The number of aliphatic hydroxyl groups excluding tert-OH is 1. The van der Waals surface area contributed by atoms with Crippen LogP contribution in [0.5, 0.6) is 0 Å². The summed E-state index contributed by atoms with van der Waals surface area (Å²) in [5, 5.41) is 17.6. The first-order valence-corrected chi connectivity index (χ1v) is 7.77. The molecule has 1 aromatic carbocycles. The Morgan fingerprint density at radius 3 is 2.25 bits per heavy atom. The molecule has 0 aliphatic carbocycles. The Bertz CT molecular complexity index is 538. The van der Waals surface area contributed by atoms with Crippen LogP contribution in [0, 0.1) is 0 Å². The van der Waals surface area contributed by atoms with Gasteiger partial charge >= 0.3 is 5.97 Å². The van der Waals surface area contributed by atoms with Crippen molar-refractivity contribution in [3.05, 3.63) is 29.8 Å². The SMILES string of the molecule is CCc1ccc(S(=O)(=O)N(CCO)CCC(=O)O)cc1. The Morgan fingerprint density at radius 2 is 1.80 bits per heavy atom. The molecule has 0 atom stereocenters. The van der Waals surface area contributed by atoms with E-state index in [2.05, 4.69) is 0 Å². The van der Waals surface area contributed by atoms with Crippen LogP contribution in [0.1, 0.15) is 18.9 Å². The molecule has 0 aromatic heterocycles. The molecule has 20 heavy (non-hydrogen) atoms. The molecule has 1 aromatic rings. The van der Waals surface area contributed by atoms with Crippen molar-refractivity contribution < 1.29 is 23.4 Å². The van der Waals surface area contributed by atoms with Crippen molar-refractivity contribution >= 4 is 16.0 Å². The molecule has 0 fully saturated rings. The zero-order valence-electron chi connectivity index (χ0n) is 11.3. The van der Waals surface area contributed by atoms with Crippen LogP contribution in [0.2, 0.25) is 0 Å². The number of aliphatic carboxylic acids is 1. The number of rotatable bonds is 8. The molecule has 0 aliphatic heterocycles. The highest BCUT2D eigenvalue weighted by Crippen LogP contribution is 2.17. The van der Waals surface area contributed by atoms with Crippen LogP contribution in [-0.2, 0) is 21.2 Å². The van der Waals surface area contributed by atoms with Gasteiger partial charge in [-0.2, -0.15) is 4.31 Å². The third-order valence-corrected chi connectivity index (χ3v) is 4.81. The smallest absolute Gasteiger partial charge is 0.304 e. The van der Waals surface area contributed by atoms with Gasteiger partial charge in [0.2, 0.25) is 10.0 Å². The minimum atomic E-state index is -3.77. The maximum atomic E-state index is 12.4. The van der Waals surface area contributed by atoms with Crippen molar-refractivity contribution in [2.75, 3.05) is 19.7 Å². The van der Waals surface area contributed by atoms with Gasteiger partial charge in [-0.15, -0.1) is 0 Å². The summed E-state index contributed by atoms with van der Waals surface area (Å²) in [6.45, 7) is 1.33. The van der Waals surface area contributed by atoms with Gasteiger partial charge in [-0.25, -0.2) is 8.42 Å². The molecule has 7 heteroatoms. The van der Waals surface area contributed by atoms with E-state index in [4.69, 9.17) is 10.2 Å². The molecule has 0 unspecified atom stereocenters. The number of benzene rings is 1. The molecule has 0 aliphatic rings. The van der Waals surface area contributed by atoms with Gasteiger partial charge in [0.25, 0.3) is 0 Å². The summed E-state index contributed by atoms with van der Waals surface area (Å²) >= 11 is 0. The van der Waals surface area contributed by atoms with Crippen molar-refractivity contribution in [3.63, 3.8) is 0 Å². The molecular weight excluding hydrogens is 282 g/mol. The maximum Gasteiger partial charge on any atom is 0.304 e. The number of aryl methyl sites for hydroxylation is 1. The standard InChI is InChI=1S/C13H19NO5S/c1-2-11-3-5-12(6-4-11)20(18,19)14(9-10-15)8-7-13(16)17/h3-6,15H,2,7-10H2,1H3,(H,16,17). The quantitative estimate of drug-likeness (QED) is 0.737. The molecule has 0 saturated heterocycles. The summed E-state index contributed by atoms with van der Waals surface area (Å²) in [5.41, 5.74) is 1.02. The van der Waals surface area contributed by atoms with Gasteiger partial charge < -0.3 is 10.2 Å².